The fourth-order valence-electron chi connectivity index (χ4n) is 1.81. The molecule has 0 aromatic heterocycles. The van der Waals surface area contributed by atoms with Crippen LogP contribution < -0.4 is 5.32 Å². The molecule has 0 saturated carbocycles. The van der Waals surface area contributed by atoms with Gasteiger partial charge in [0.2, 0.25) is 0 Å². The first-order valence-corrected chi connectivity index (χ1v) is 5.69. The Morgan fingerprint density at radius 1 is 1.53 bits per heavy atom. The molecular weight excluding hydrogens is 210 g/mol. The third-order valence-electron chi connectivity index (χ3n) is 2.82. The normalized spacial score (nSPS) is 20.8. The summed E-state index contributed by atoms with van der Waals surface area (Å²) in [6, 6.07) is 6.54. The van der Waals surface area contributed by atoms with Gasteiger partial charge in [0.05, 0.1) is 6.61 Å². The van der Waals surface area contributed by atoms with Gasteiger partial charge >= 0.3 is 0 Å². The summed E-state index contributed by atoms with van der Waals surface area (Å²) in [5, 5.41) is 4.30. The molecule has 0 spiro atoms. The summed E-state index contributed by atoms with van der Waals surface area (Å²) in [4.78, 5) is 0. The van der Waals surface area contributed by atoms with Gasteiger partial charge in [-0.05, 0) is 36.6 Å². The van der Waals surface area contributed by atoms with Crippen LogP contribution in [0.3, 0.4) is 0 Å². The number of aryl methyl sites for hydroxylation is 1. The van der Waals surface area contributed by atoms with Gasteiger partial charge in [-0.15, -0.1) is 0 Å². The average Bonchev–Trinajstić information content (AvgIpc) is 2.69. The molecule has 1 aliphatic heterocycles. The molecule has 1 aromatic carbocycles. The summed E-state index contributed by atoms with van der Waals surface area (Å²) in [5.41, 5.74) is 2.56. The summed E-state index contributed by atoms with van der Waals surface area (Å²) < 4.78 is 5.31. The van der Waals surface area contributed by atoms with Crippen molar-refractivity contribution in [1.29, 1.82) is 0 Å². The molecular formula is C12H16ClNO. The molecule has 1 aliphatic rings. The molecule has 0 amide bonds. The number of halogens is 1. The van der Waals surface area contributed by atoms with E-state index >= 15 is 0 Å². The first-order valence-electron chi connectivity index (χ1n) is 5.32. The SMILES string of the molecule is Cc1cc(Cl)ccc1CNC1CCOC1. The summed E-state index contributed by atoms with van der Waals surface area (Å²) in [5.74, 6) is 0. The van der Waals surface area contributed by atoms with Crippen molar-refractivity contribution in [3.63, 3.8) is 0 Å². The van der Waals surface area contributed by atoms with E-state index in [-0.39, 0.29) is 0 Å². The van der Waals surface area contributed by atoms with Crippen LogP contribution in [0.1, 0.15) is 17.5 Å². The molecule has 1 unspecified atom stereocenters. The van der Waals surface area contributed by atoms with Gasteiger partial charge in [-0.2, -0.15) is 0 Å². The van der Waals surface area contributed by atoms with Gasteiger partial charge < -0.3 is 10.1 Å². The molecule has 2 rings (SSSR count). The van der Waals surface area contributed by atoms with Crippen molar-refractivity contribution in [1.82, 2.24) is 5.32 Å². The third kappa shape index (κ3) is 2.94. The fourth-order valence-corrected chi connectivity index (χ4v) is 2.03. The van der Waals surface area contributed by atoms with Gasteiger partial charge in [0, 0.05) is 24.2 Å². The average molecular weight is 226 g/mol. The summed E-state index contributed by atoms with van der Waals surface area (Å²) in [7, 11) is 0. The molecule has 15 heavy (non-hydrogen) atoms. The van der Waals surface area contributed by atoms with Crippen LogP contribution in [0.5, 0.6) is 0 Å². The van der Waals surface area contributed by atoms with Crippen LogP contribution in [-0.4, -0.2) is 19.3 Å². The first kappa shape index (κ1) is 10.9. The Bertz CT molecular complexity index is 334. The Balaban J connectivity index is 1.92. The Labute approximate surface area is 95.6 Å². The molecule has 3 heteroatoms. The summed E-state index contributed by atoms with van der Waals surface area (Å²) in [6.07, 6.45) is 1.12. The van der Waals surface area contributed by atoms with Gasteiger partial charge in [-0.25, -0.2) is 0 Å². The van der Waals surface area contributed by atoms with Crippen LogP contribution in [0.2, 0.25) is 5.02 Å². The predicted octanol–water partition coefficient (Wildman–Crippen LogP) is 2.53. The van der Waals surface area contributed by atoms with E-state index in [1.807, 2.05) is 12.1 Å². The van der Waals surface area contributed by atoms with Crippen molar-refractivity contribution in [2.45, 2.75) is 25.9 Å². The highest BCUT2D eigenvalue weighted by atomic mass is 35.5. The zero-order valence-electron chi connectivity index (χ0n) is 8.92. The van der Waals surface area contributed by atoms with Crippen molar-refractivity contribution in [2.24, 2.45) is 0 Å². The molecule has 1 aromatic rings. The lowest BCUT2D eigenvalue weighted by molar-refractivity contribution is 0.190. The highest BCUT2D eigenvalue weighted by molar-refractivity contribution is 6.30. The smallest absolute Gasteiger partial charge is 0.0620 e. The highest BCUT2D eigenvalue weighted by Crippen LogP contribution is 2.15. The van der Waals surface area contributed by atoms with Crippen molar-refractivity contribution in [3.05, 3.63) is 34.3 Å². The van der Waals surface area contributed by atoms with Gasteiger partial charge in [-0.3, -0.25) is 0 Å². The van der Waals surface area contributed by atoms with E-state index in [9.17, 15) is 0 Å². The largest absolute Gasteiger partial charge is 0.380 e. The van der Waals surface area contributed by atoms with Crippen molar-refractivity contribution >= 4 is 11.6 Å². The van der Waals surface area contributed by atoms with Crippen LogP contribution in [-0.2, 0) is 11.3 Å². The minimum atomic E-state index is 0.514. The van der Waals surface area contributed by atoms with Crippen LogP contribution in [0, 0.1) is 6.92 Å². The number of hydrogen-bond acceptors (Lipinski definition) is 2. The van der Waals surface area contributed by atoms with Crippen LogP contribution in [0.25, 0.3) is 0 Å². The monoisotopic (exact) mass is 225 g/mol. The third-order valence-corrected chi connectivity index (χ3v) is 3.05. The fraction of sp³-hybridized carbons (Fsp3) is 0.500. The Morgan fingerprint density at radius 2 is 2.40 bits per heavy atom. The second-order valence-electron chi connectivity index (χ2n) is 4.01. The van der Waals surface area contributed by atoms with E-state index in [1.54, 1.807) is 0 Å². The quantitative estimate of drug-likeness (QED) is 0.854. The summed E-state index contributed by atoms with van der Waals surface area (Å²) >= 11 is 5.90. The molecule has 1 fully saturated rings. The van der Waals surface area contributed by atoms with E-state index in [0.717, 1.165) is 31.2 Å². The molecule has 82 valence electrons. The first-order chi connectivity index (χ1) is 7.25. The van der Waals surface area contributed by atoms with Crippen LogP contribution in [0.4, 0.5) is 0 Å². The number of rotatable bonds is 3. The lowest BCUT2D eigenvalue weighted by atomic mass is 10.1. The van der Waals surface area contributed by atoms with Crippen molar-refractivity contribution in [2.75, 3.05) is 13.2 Å². The zero-order valence-corrected chi connectivity index (χ0v) is 9.68. The molecule has 1 saturated heterocycles. The second kappa shape index (κ2) is 4.97. The molecule has 0 bridgehead atoms. The molecule has 1 atom stereocenters. The molecule has 0 aliphatic carbocycles. The maximum absolute atomic E-state index is 5.90. The van der Waals surface area contributed by atoms with Crippen molar-refractivity contribution in [3.8, 4) is 0 Å². The van der Waals surface area contributed by atoms with E-state index in [0.29, 0.717) is 6.04 Å². The minimum absolute atomic E-state index is 0.514. The molecule has 2 nitrogen and oxygen atoms in total. The maximum atomic E-state index is 5.90. The lowest BCUT2D eigenvalue weighted by Gasteiger charge is -2.12. The van der Waals surface area contributed by atoms with E-state index in [4.69, 9.17) is 16.3 Å². The van der Waals surface area contributed by atoms with Gasteiger partial charge in [0.15, 0.2) is 0 Å². The van der Waals surface area contributed by atoms with Gasteiger partial charge in [0.25, 0.3) is 0 Å². The number of benzene rings is 1. The van der Waals surface area contributed by atoms with E-state index in [2.05, 4.69) is 18.3 Å². The standard InChI is InChI=1S/C12H16ClNO/c1-9-6-11(13)3-2-10(9)7-14-12-4-5-15-8-12/h2-3,6,12,14H,4-5,7-8H2,1H3. The van der Waals surface area contributed by atoms with Gasteiger partial charge in [0.1, 0.15) is 0 Å². The summed E-state index contributed by atoms with van der Waals surface area (Å²) in [6.45, 7) is 4.72. The van der Waals surface area contributed by atoms with E-state index in [1.165, 1.54) is 11.1 Å². The van der Waals surface area contributed by atoms with E-state index < -0.39 is 0 Å². The molecule has 1 N–H and O–H groups in total. The van der Waals surface area contributed by atoms with Crippen LogP contribution >= 0.6 is 11.6 Å². The number of hydrogen-bond donors (Lipinski definition) is 1. The minimum Gasteiger partial charge on any atom is -0.380 e. The number of ether oxygens (including phenoxy) is 1. The van der Waals surface area contributed by atoms with Crippen molar-refractivity contribution < 1.29 is 4.74 Å². The number of nitrogens with one attached hydrogen (secondary N) is 1. The molecule has 1 heterocycles. The topological polar surface area (TPSA) is 21.3 Å². The Hall–Kier alpha value is -0.570. The predicted molar refractivity (Wildman–Crippen MR) is 62.3 cm³/mol. The Kier molecular flexibility index (Phi) is 3.62. The maximum Gasteiger partial charge on any atom is 0.0620 e. The zero-order chi connectivity index (χ0) is 10.7. The van der Waals surface area contributed by atoms with Gasteiger partial charge in [-0.1, -0.05) is 17.7 Å². The van der Waals surface area contributed by atoms with Crippen LogP contribution in [0.15, 0.2) is 18.2 Å². The lowest BCUT2D eigenvalue weighted by Crippen LogP contribution is -2.28. The second-order valence-corrected chi connectivity index (χ2v) is 4.45. The highest BCUT2D eigenvalue weighted by Gasteiger charge is 2.14. The Morgan fingerprint density at radius 3 is 3.07 bits per heavy atom. The molecule has 0 radical (unpaired) electrons.